The molecule has 2 aliphatic heterocycles. The lowest BCUT2D eigenvalue weighted by atomic mass is 9.80. The molecule has 1 atom stereocenters. The first kappa shape index (κ1) is 22.9. The predicted octanol–water partition coefficient (Wildman–Crippen LogP) is 2.05. The van der Waals surface area contributed by atoms with E-state index in [1.165, 1.54) is 56.7 Å². The molecule has 3 aliphatic rings. The first-order chi connectivity index (χ1) is 15.2. The van der Waals surface area contributed by atoms with Crippen LogP contribution in [0.4, 0.5) is 0 Å². The standard InChI is InChI=1S/C22H39N7OS/c1-3-23-21(25-18-7-8-20-26-19(16-30-2)27-29(20)15-18)24-17-22(9-5-4-6-10-22)28-11-13-31-14-12-28/h18H,3-17H2,1-2H3,(H2,23,24,25). The van der Waals surface area contributed by atoms with Gasteiger partial charge in [-0.15, -0.1) is 0 Å². The van der Waals surface area contributed by atoms with Crippen molar-refractivity contribution in [1.82, 2.24) is 30.3 Å². The van der Waals surface area contributed by atoms with E-state index in [-0.39, 0.29) is 5.54 Å². The van der Waals surface area contributed by atoms with E-state index >= 15 is 0 Å². The third-order valence-electron chi connectivity index (χ3n) is 6.86. The molecule has 2 fully saturated rings. The monoisotopic (exact) mass is 449 g/mol. The molecular formula is C22H39N7OS. The van der Waals surface area contributed by atoms with E-state index in [2.05, 4.69) is 44.3 Å². The first-order valence-electron chi connectivity index (χ1n) is 12.0. The highest BCUT2D eigenvalue weighted by molar-refractivity contribution is 7.99. The summed E-state index contributed by atoms with van der Waals surface area (Å²) in [6.45, 7) is 7.63. The van der Waals surface area contributed by atoms with Crippen molar-refractivity contribution in [2.75, 3.05) is 44.8 Å². The molecule has 0 radical (unpaired) electrons. The van der Waals surface area contributed by atoms with Crippen LogP contribution in [0.5, 0.6) is 0 Å². The van der Waals surface area contributed by atoms with Crippen molar-refractivity contribution in [2.45, 2.75) is 76.6 Å². The largest absolute Gasteiger partial charge is 0.377 e. The number of aryl methyl sites for hydroxylation is 1. The van der Waals surface area contributed by atoms with E-state index in [0.717, 1.165) is 50.1 Å². The Morgan fingerprint density at radius 1 is 1.26 bits per heavy atom. The van der Waals surface area contributed by atoms with Crippen LogP contribution in [-0.4, -0.2) is 82.0 Å². The smallest absolute Gasteiger partial charge is 0.191 e. The molecule has 8 nitrogen and oxygen atoms in total. The van der Waals surface area contributed by atoms with Crippen LogP contribution in [0.1, 0.15) is 57.1 Å². The number of aromatic nitrogens is 3. The van der Waals surface area contributed by atoms with Crippen LogP contribution in [0.2, 0.25) is 0 Å². The van der Waals surface area contributed by atoms with E-state index in [0.29, 0.717) is 12.6 Å². The Labute approximate surface area is 191 Å². The lowest BCUT2D eigenvalue weighted by Crippen LogP contribution is -2.56. The molecule has 1 aromatic rings. The minimum Gasteiger partial charge on any atom is -0.377 e. The number of ether oxygens (including phenoxy) is 1. The van der Waals surface area contributed by atoms with Crippen LogP contribution in [0.25, 0.3) is 0 Å². The molecule has 4 rings (SSSR count). The van der Waals surface area contributed by atoms with E-state index in [4.69, 9.17) is 9.73 Å². The zero-order valence-electron chi connectivity index (χ0n) is 19.2. The van der Waals surface area contributed by atoms with Gasteiger partial charge in [0.15, 0.2) is 11.8 Å². The topological polar surface area (TPSA) is 79.6 Å². The van der Waals surface area contributed by atoms with Crippen molar-refractivity contribution in [1.29, 1.82) is 0 Å². The maximum absolute atomic E-state index is 5.19. The zero-order chi connectivity index (χ0) is 21.5. The third-order valence-corrected chi connectivity index (χ3v) is 7.80. The van der Waals surface area contributed by atoms with Crippen molar-refractivity contribution < 1.29 is 4.74 Å². The second kappa shape index (κ2) is 11.0. The summed E-state index contributed by atoms with van der Waals surface area (Å²) in [5, 5.41) is 11.8. The average molecular weight is 450 g/mol. The number of methoxy groups -OCH3 is 1. The van der Waals surface area contributed by atoms with Gasteiger partial charge in [-0.3, -0.25) is 9.89 Å². The highest BCUT2D eigenvalue weighted by Crippen LogP contribution is 2.35. The van der Waals surface area contributed by atoms with Crippen molar-refractivity contribution in [3.63, 3.8) is 0 Å². The van der Waals surface area contributed by atoms with Gasteiger partial charge in [0.05, 0.1) is 13.1 Å². The molecule has 0 amide bonds. The maximum Gasteiger partial charge on any atom is 0.191 e. The maximum atomic E-state index is 5.19. The summed E-state index contributed by atoms with van der Waals surface area (Å²) in [6, 6.07) is 0.316. The second-order valence-electron chi connectivity index (χ2n) is 9.02. The lowest BCUT2D eigenvalue weighted by Gasteiger charge is -2.47. The van der Waals surface area contributed by atoms with Crippen LogP contribution >= 0.6 is 11.8 Å². The van der Waals surface area contributed by atoms with Crippen LogP contribution in [-0.2, 0) is 24.3 Å². The van der Waals surface area contributed by atoms with Gasteiger partial charge in [0.1, 0.15) is 12.4 Å². The summed E-state index contributed by atoms with van der Waals surface area (Å²) in [6.07, 6.45) is 8.60. The normalized spacial score (nSPS) is 24.6. The number of rotatable bonds is 7. The molecule has 1 unspecified atom stereocenters. The summed E-state index contributed by atoms with van der Waals surface area (Å²) < 4.78 is 7.22. The van der Waals surface area contributed by atoms with Crippen molar-refractivity contribution in [2.24, 2.45) is 4.99 Å². The van der Waals surface area contributed by atoms with Gasteiger partial charge < -0.3 is 15.4 Å². The summed E-state index contributed by atoms with van der Waals surface area (Å²) in [7, 11) is 1.69. The molecule has 1 saturated heterocycles. The predicted molar refractivity (Wildman–Crippen MR) is 127 cm³/mol. The molecule has 174 valence electrons. The fourth-order valence-electron chi connectivity index (χ4n) is 5.23. The Kier molecular flexibility index (Phi) is 8.12. The first-order valence-corrected chi connectivity index (χ1v) is 13.2. The number of hydrogen-bond acceptors (Lipinski definition) is 6. The molecule has 3 heterocycles. The van der Waals surface area contributed by atoms with Gasteiger partial charge in [-0.1, -0.05) is 19.3 Å². The van der Waals surface area contributed by atoms with Gasteiger partial charge in [-0.25, -0.2) is 9.67 Å². The number of nitrogens with zero attached hydrogens (tertiary/aromatic N) is 5. The molecule has 2 N–H and O–H groups in total. The Hall–Kier alpha value is -1.32. The molecular weight excluding hydrogens is 410 g/mol. The Balaban J connectivity index is 1.42. The highest BCUT2D eigenvalue weighted by Gasteiger charge is 2.38. The number of fused-ring (bicyclic) bond motifs is 1. The average Bonchev–Trinajstić information content (AvgIpc) is 3.21. The van der Waals surface area contributed by atoms with Gasteiger partial charge in [0.2, 0.25) is 0 Å². The zero-order valence-corrected chi connectivity index (χ0v) is 20.1. The van der Waals surface area contributed by atoms with E-state index < -0.39 is 0 Å². The summed E-state index contributed by atoms with van der Waals surface area (Å²) in [4.78, 5) is 12.5. The Bertz CT molecular complexity index is 725. The minimum atomic E-state index is 0.252. The van der Waals surface area contributed by atoms with Crippen LogP contribution in [0, 0.1) is 0 Å². The van der Waals surface area contributed by atoms with Crippen LogP contribution in [0.15, 0.2) is 4.99 Å². The Morgan fingerprint density at radius 3 is 2.81 bits per heavy atom. The van der Waals surface area contributed by atoms with E-state index in [1.54, 1.807) is 7.11 Å². The summed E-state index contributed by atoms with van der Waals surface area (Å²) in [5.74, 6) is 5.31. The number of guanidine groups is 1. The molecule has 0 bridgehead atoms. The number of nitrogens with one attached hydrogen (secondary N) is 2. The third kappa shape index (κ3) is 5.73. The van der Waals surface area contributed by atoms with Gasteiger partial charge >= 0.3 is 0 Å². The SMILES string of the molecule is CCNC(=NCC1(N2CCSCC2)CCCCC1)NC1CCc2nc(COC)nn2C1. The fourth-order valence-corrected chi connectivity index (χ4v) is 6.13. The fraction of sp³-hybridized carbons (Fsp3) is 0.864. The number of hydrogen-bond donors (Lipinski definition) is 2. The van der Waals surface area contributed by atoms with Gasteiger partial charge in [0.25, 0.3) is 0 Å². The molecule has 0 aromatic carbocycles. The summed E-state index contributed by atoms with van der Waals surface area (Å²) >= 11 is 2.09. The molecule has 1 aromatic heterocycles. The van der Waals surface area contributed by atoms with E-state index in [9.17, 15) is 0 Å². The van der Waals surface area contributed by atoms with Crippen LogP contribution in [0.3, 0.4) is 0 Å². The van der Waals surface area contributed by atoms with Gasteiger partial charge in [-0.05, 0) is 26.2 Å². The molecule has 9 heteroatoms. The molecule has 0 spiro atoms. The van der Waals surface area contributed by atoms with Crippen molar-refractivity contribution >= 4 is 17.7 Å². The number of thioether (sulfide) groups is 1. The number of aliphatic imine (C=N–C) groups is 1. The summed E-state index contributed by atoms with van der Waals surface area (Å²) in [5.41, 5.74) is 0.252. The molecule has 1 saturated carbocycles. The van der Waals surface area contributed by atoms with Gasteiger partial charge in [-0.2, -0.15) is 16.9 Å². The second-order valence-corrected chi connectivity index (χ2v) is 10.2. The quantitative estimate of drug-likeness (QED) is 0.487. The van der Waals surface area contributed by atoms with Crippen LogP contribution < -0.4 is 10.6 Å². The minimum absolute atomic E-state index is 0.252. The van der Waals surface area contributed by atoms with Crippen molar-refractivity contribution in [3.05, 3.63) is 11.6 Å². The van der Waals surface area contributed by atoms with E-state index in [1.807, 2.05) is 4.68 Å². The van der Waals surface area contributed by atoms with Crippen molar-refractivity contribution in [3.8, 4) is 0 Å². The Morgan fingerprint density at radius 2 is 2.06 bits per heavy atom. The van der Waals surface area contributed by atoms with Gasteiger partial charge in [0, 0.05) is 56.3 Å². The molecule has 1 aliphatic carbocycles. The lowest BCUT2D eigenvalue weighted by molar-refractivity contribution is 0.0671. The highest BCUT2D eigenvalue weighted by atomic mass is 32.2. The molecule has 31 heavy (non-hydrogen) atoms.